The predicted octanol–water partition coefficient (Wildman–Crippen LogP) is 4.12. The fourth-order valence-corrected chi connectivity index (χ4v) is 5.07. The molecule has 28 heavy (non-hydrogen) atoms. The van der Waals surface area contributed by atoms with Gasteiger partial charge in [-0.25, -0.2) is 8.42 Å². The van der Waals surface area contributed by atoms with E-state index in [0.29, 0.717) is 30.8 Å². The highest BCUT2D eigenvalue weighted by atomic mass is 32.2. The van der Waals surface area contributed by atoms with Gasteiger partial charge in [0.05, 0.1) is 4.90 Å². The number of hydrogen-bond donors (Lipinski definition) is 1. The molecule has 0 spiro atoms. The number of nitrogens with one attached hydrogen (secondary N) is 1. The summed E-state index contributed by atoms with van der Waals surface area (Å²) < 4.78 is 27.0. The van der Waals surface area contributed by atoms with Crippen molar-refractivity contribution in [3.63, 3.8) is 0 Å². The first-order valence-corrected chi connectivity index (χ1v) is 12.1. The van der Waals surface area contributed by atoms with E-state index in [9.17, 15) is 13.2 Å². The highest BCUT2D eigenvalue weighted by molar-refractivity contribution is 7.89. The Kier molecular flexibility index (Phi) is 8.96. The minimum Gasteiger partial charge on any atom is -0.356 e. The van der Waals surface area contributed by atoms with Crippen LogP contribution in [0.25, 0.3) is 0 Å². The molecule has 0 unspecified atom stereocenters. The van der Waals surface area contributed by atoms with Gasteiger partial charge >= 0.3 is 0 Å². The Morgan fingerprint density at radius 3 is 2.29 bits per heavy atom. The summed E-state index contributed by atoms with van der Waals surface area (Å²) in [6, 6.07) is 6.95. The molecule has 5 nitrogen and oxygen atoms in total. The molecule has 1 aromatic carbocycles. The third kappa shape index (κ3) is 6.89. The van der Waals surface area contributed by atoms with E-state index < -0.39 is 10.0 Å². The van der Waals surface area contributed by atoms with Crippen molar-refractivity contribution in [2.45, 2.75) is 70.6 Å². The van der Waals surface area contributed by atoms with Crippen molar-refractivity contribution in [2.24, 2.45) is 11.8 Å². The quantitative estimate of drug-likeness (QED) is 0.592. The van der Waals surface area contributed by atoms with E-state index >= 15 is 0 Å². The summed E-state index contributed by atoms with van der Waals surface area (Å²) in [7, 11) is -3.46. The molecule has 1 fully saturated rings. The Morgan fingerprint density at radius 1 is 1.07 bits per heavy atom. The van der Waals surface area contributed by atoms with Crippen LogP contribution in [0.2, 0.25) is 0 Å². The molecule has 1 heterocycles. The van der Waals surface area contributed by atoms with Crippen LogP contribution in [-0.2, 0) is 14.8 Å². The van der Waals surface area contributed by atoms with Crippen molar-refractivity contribution in [1.82, 2.24) is 9.62 Å². The van der Waals surface area contributed by atoms with Crippen LogP contribution in [0.3, 0.4) is 0 Å². The molecule has 1 aliphatic heterocycles. The van der Waals surface area contributed by atoms with Gasteiger partial charge < -0.3 is 5.32 Å². The molecule has 0 radical (unpaired) electrons. The van der Waals surface area contributed by atoms with E-state index in [0.717, 1.165) is 30.9 Å². The van der Waals surface area contributed by atoms with Crippen molar-refractivity contribution in [3.8, 4) is 0 Å². The fraction of sp³-hybridized carbons (Fsp3) is 0.682. The summed E-state index contributed by atoms with van der Waals surface area (Å²) in [5.74, 6) is 0.764. The van der Waals surface area contributed by atoms with Crippen molar-refractivity contribution < 1.29 is 13.2 Å². The third-order valence-electron chi connectivity index (χ3n) is 5.49. The maximum absolute atomic E-state index is 12.7. The van der Waals surface area contributed by atoms with Gasteiger partial charge in [0, 0.05) is 25.6 Å². The Morgan fingerprint density at radius 2 is 1.68 bits per heavy atom. The van der Waals surface area contributed by atoms with Gasteiger partial charge in [-0.3, -0.25) is 4.79 Å². The van der Waals surface area contributed by atoms with Gasteiger partial charge in [0.2, 0.25) is 15.9 Å². The number of benzene rings is 1. The van der Waals surface area contributed by atoms with Crippen LogP contribution < -0.4 is 5.32 Å². The van der Waals surface area contributed by atoms with Crippen LogP contribution in [-0.4, -0.2) is 38.3 Å². The molecule has 6 heteroatoms. The van der Waals surface area contributed by atoms with Gasteiger partial charge in [0.1, 0.15) is 0 Å². The largest absolute Gasteiger partial charge is 0.356 e. The fourth-order valence-electron chi connectivity index (χ4n) is 3.60. The summed E-state index contributed by atoms with van der Waals surface area (Å²) in [6.45, 7) is 7.97. The minimum atomic E-state index is -3.46. The lowest BCUT2D eigenvalue weighted by Crippen LogP contribution is -2.43. The Hall–Kier alpha value is -1.40. The molecular weight excluding hydrogens is 372 g/mol. The number of nitrogens with zero attached hydrogens (tertiary/aromatic N) is 1. The lowest BCUT2D eigenvalue weighted by molar-refractivity contribution is -0.126. The van der Waals surface area contributed by atoms with Crippen LogP contribution in [0.5, 0.6) is 0 Å². The lowest BCUT2D eigenvalue weighted by Gasteiger charge is -2.30. The molecule has 1 aliphatic rings. The number of carbonyl (C=O) groups is 1. The molecule has 1 aromatic rings. The van der Waals surface area contributed by atoms with Crippen LogP contribution in [0.4, 0.5) is 0 Å². The van der Waals surface area contributed by atoms with Crippen LogP contribution in [0, 0.1) is 18.8 Å². The molecule has 2 rings (SSSR count). The van der Waals surface area contributed by atoms with E-state index in [1.807, 2.05) is 19.1 Å². The maximum atomic E-state index is 12.7. The first kappa shape index (κ1) is 22.9. The van der Waals surface area contributed by atoms with E-state index in [2.05, 4.69) is 19.2 Å². The molecule has 0 bridgehead atoms. The molecular formula is C22H36N2O3S. The van der Waals surface area contributed by atoms with Gasteiger partial charge in [-0.05, 0) is 44.2 Å². The molecule has 0 atom stereocenters. The number of carbonyl (C=O) groups excluding carboxylic acids is 1. The average Bonchev–Trinajstić information content (AvgIpc) is 2.67. The highest BCUT2D eigenvalue weighted by Gasteiger charge is 2.31. The van der Waals surface area contributed by atoms with E-state index in [1.165, 1.54) is 23.6 Å². The minimum absolute atomic E-state index is 0.0783. The zero-order valence-electron chi connectivity index (χ0n) is 17.6. The molecule has 1 saturated heterocycles. The van der Waals surface area contributed by atoms with Crippen molar-refractivity contribution in [3.05, 3.63) is 29.8 Å². The van der Waals surface area contributed by atoms with E-state index in [4.69, 9.17) is 0 Å². The maximum Gasteiger partial charge on any atom is 0.243 e. The zero-order chi connectivity index (χ0) is 20.6. The first-order valence-electron chi connectivity index (χ1n) is 10.6. The molecule has 1 amide bonds. The van der Waals surface area contributed by atoms with Gasteiger partial charge in [0.15, 0.2) is 0 Å². The second-order valence-corrected chi connectivity index (χ2v) is 10.3. The van der Waals surface area contributed by atoms with Gasteiger partial charge in [-0.1, -0.05) is 57.2 Å². The number of piperidine rings is 1. The van der Waals surface area contributed by atoms with Crippen LogP contribution in [0.1, 0.15) is 64.4 Å². The highest BCUT2D eigenvalue weighted by Crippen LogP contribution is 2.24. The Bertz CT molecular complexity index is 706. The van der Waals surface area contributed by atoms with Crippen molar-refractivity contribution in [1.29, 1.82) is 0 Å². The smallest absolute Gasteiger partial charge is 0.243 e. The number of unbranched alkanes of at least 4 members (excludes halogenated alkanes) is 3. The lowest BCUT2D eigenvalue weighted by atomic mass is 9.97. The predicted molar refractivity (Wildman–Crippen MR) is 114 cm³/mol. The SMILES string of the molecule is Cc1ccc(S(=O)(=O)N2CCC(C(=O)NCCCCCCC(C)C)CC2)cc1. The average molecular weight is 409 g/mol. The normalized spacial score (nSPS) is 16.4. The number of aryl methyl sites for hydroxylation is 1. The number of rotatable bonds is 10. The number of amides is 1. The van der Waals surface area contributed by atoms with Gasteiger partial charge in [-0.15, -0.1) is 0 Å². The summed E-state index contributed by atoms with van der Waals surface area (Å²) in [5.41, 5.74) is 1.04. The van der Waals surface area contributed by atoms with Crippen LogP contribution in [0.15, 0.2) is 29.2 Å². The third-order valence-corrected chi connectivity index (χ3v) is 7.40. The monoisotopic (exact) mass is 408 g/mol. The molecule has 0 aromatic heterocycles. The Labute approximate surface area is 170 Å². The summed E-state index contributed by atoms with van der Waals surface area (Å²) in [6.07, 6.45) is 7.11. The van der Waals surface area contributed by atoms with Crippen molar-refractivity contribution >= 4 is 15.9 Å². The molecule has 0 saturated carbocycles. The van der Waals surface area contributed by atoms with Crippen LogP contribution >= 0.6 is 0 Å². The van der Waals surface area contributed by atoms with Crippen molar-refractivity contribution in [2.75, 3.05) is 19.6 Å². The summed E-state index contributed by atoms with van der Waals surface area (Å²) in [4.78, 5) is 12.7. The molecule has 0 aliphatic carbocycles. The molecule has 158 valence electrons. The number of hydrogen-bond acceptors (Lipinski definition) is 3. The van der Waals surface area contributed by atoms with E-state index in [1.54, 1.807) is 12.1 Å². The van der Waals surface area contributed by atoms with Gasteiger partial charge in [-0.2, -0.15) is 4.31 Å². The first-order chi connectivity index (χ1) is 13.3. The second kappa shape index (κ2) is 11.0. The topological polar surface area (TPSA) is 66.5 Å². The zero-order valence-corrected chi connectivity index (χ0v) is 18.4. The Balaban J connectivity index is 1.70. The standard InChI is InChI=1S/C22H36N2O3S/c1-18(2)8-6-4-5-7-15-23-22(25)20-13-16-24(17-14-20)28(26,27)21-11-9-19(3)10-12-21/h9-12,18,20H,4-8,13-17H2,1-3H3,(H,23,25). The summed E-state index contributed by atoms with van der Waals surface area (Å²) >= 11 is 0. The number of sulfonamides is 1. The second-order valence-electron chi connectivity index (χ2n) is 8.38. The van der Waals surface area contributed by atoms with Gasteiger partial charge in [0.25, 0.3) is 0 Å². The summed E-state index contributed by atoms with van der Waals surface area (Å²) in [5, 5.41) is 3.04. The van der Waals surface area contributed by atoms with E-state index in [-0.39, 0.29) is 11.8 Å². The molecule has 1 N–H and O–H groups in total.